The van der Waals surface area contributed by atoms with E-state index in [1.165, 1.54) is 12.3 Å². The molecule has 8 nitrogen and oxygen atoms in total. The van der Waals surface area contributed by atoms with Crippen LogP contribution in [0.1, 0.15) is 16.9 Å². The number of hydrogen-bond donors (Lipinski definition) is 1. The van der Waals surface area contributed by atoms with Crippen molar-refractivity contribution in [1.29, 1.82) is 0 Å². The van der Waals surface area contributed by atoms with Crippen LogP contribution in [0.15, 0.2) is 64.1 Å². The maximum Gasteiger partial charge on any atom is 0.280 e. The molecule has 0 radical (unpaired) electrons. The maximum absolute atomic E-state index is 12.0. The predicted octanol–water partition coefficient (Wildman–Crippen LogP) is 3.86. The summed E-state index contributed by atoms with van der Waals surface area (Å²) < 4.78 is 10.7. The van der Waals surface area contributed by atoms with Gasteiger partial charge in [-0.05, 0) is 48.4 Å². The lowest BCUT2D eigenvalue weighted by Crippen LogP contribution is -2.19. The highest BCUT2D eigenvalue weighted by atomic mass is 16.6. The number of nitrogens with one attached hydrogen (secondary N) is 1. The van der Waals surface area contributed by atoms with Crippen LogP contribution in [0, 0.1) is 17.0 Å². The number of carbonyl (C=O) groups excluding carboxylic acids is 1. The lowest BCUT2D eigenvalue weighted by molar-refractivity contribution is -0.384. The lowest BCUT2D eigenvalue weighted by atomic mass is 10.1. The minimum atomic E-state index is -0.446. The largest absolute Gasteiger partial charge is 0.497 e. The van der Waals surface area contributed by atoms with Gasteiger partial charge < -0.3 is 9.15 Å². The van der Waals surface area contributed by atoms with Gasteiger partial charge >= 0.3 is 0 Å². The van der Waals surface area contributed by atoms with Gasteiger partial charge in [0.25, 0.3) is 5.69 Å². The molecule has 0 saturated heterocycles. The number of aryl methyl sites for hydroxylation is 1. The molecule has 0 spiro atoms. The second-order valence-electron chi connectivity index (χ2n) is 6.30. The number of ether oxygens (including phenoxy) is 1. The highest BCUT2D eigenvalue weighted by Crippen LogP contribution is 2.31. The SMILES string of the molecule is COc1ccc(CC(=O)N/N=C/c2ccc(-c3ccc(C)cc3[N+](=O)[O-])o2)cc1. The van der Waals surface area contributed by atoms with Crippen LogP contribution in [-0.2, 0) is 11.2 Å². The van der Waals surface area contributed by atoms with E-state index in [4.69, 9.17) is 9.15 Å². The van der Waals surface area contributed by atoms with E-state index in [1.807, 2.05) is 0 Å². The summed E-state index contributed by atoms with van der Waals surface area (Å²) >= 11 is 0. The van der Waals surface area contributed by atoms with Crippen molar-refractivity contribution >= 4 is 17.8 Å². The first-order chi connectivity index (χ1) is 14.0. The molecule has 1 heterocycles. The Morgan fingerprint density at radius 2 is 1.97 bits per heavy atom. The molecule has 0 unspecified atom stereocenters. The van der Waals surface area contributed by atoms with E-state index in [1.54, 1.807) is 62.6 Å². The average molecular weight is 393 g/mol. The molecule has 0 bridgehead atoms. The molecule has 3 rings (SSSR count). The van der Waals surface area contributed by atoms with Crippen molar-refractivity contribution in [3.05, 3.63) is 81.6 Å². The smallest absolute Gasteiger partial charge is 0.280 e. The molecule has 29 heavy (non-hydrogen) atoms. The van der Waals surface area contributed by atoms with Gasteiger partial charge in [0.2, 0.25) is 5.91 Å². The molecule has 148 valence electrons. The van der Waals surface area contributed by atoms with Crippen LogP contribution in [0.3, 0.4) is 0 Å². The summed E-state index contributed by atoms with van der Waals surface area (Å²) in [5.41, 5.74) is 4.38. The van der Waals surface area contributed by atoms with Crippen molar-refractivity contribution in [2.45, 2.75) is 13.3 Å². The molecule has 1 N–H and O–H groups in total. The number of furan rings is 1. The molecule has 8 heteroatoms. The van der Waals surface area contributed by atoms with Crippen LogP contribution in [0.4, 0.5) is 5.69 Å². The van der Waals surface area contributed by atoms with Gasteiger partial charge in [-0.1, -0.05) is 18.2 Å². The van der Waals surface area contributed by atoms with Gasteiger partial charge in [0.15, 0.2) is 0 Å². The topological polar surface area (TPSA) is 107 Å². The molecule has 0 aliphatic heterocycles. The van der Waals surface area contributed by atoms with Crippen LogP contribution in [0.5, 0.6) is 5.75 Å². The fourth-order valence-electron chi connectivity index (χ4n) is 2.70. The standard InChI is InChI=1S/C21H19N3O5/c1-14-3-9-18(19(11-14)24(26)27)20-10-8-17(29-20)13-22-23-21(25)12-15-4-6-16(28-2)7-5-15/h3-11,13H,12H2,1-2H3,(H,23,25)/b22-13+. The number of methoxy groups -OCH3 is 1. The normalized spacial score (nSPS) is 10.8. The molecule has 0 fully saturated rings. The summed E-state index contributed by atoms with van der Waals surface area (Å²) in [5.74, 6) is 1.14. The van der Waals surface area contributed by atoms with Crippen LogP contribution in [0.2, 0.25) is 0 Å². The first-order valence-corrected chi connectivity index (χ1v) is 8.76. The van der Waals surface area contributed by atoms with Gasteiger partial charge in [-0.15, -0.1) is 0 Å². The molecule has 0 aliphatic carbocycles. The van der Waals surface area contributed by atoms with Crippen molar-refractivity contribution in [2.75, 3.05) is 7.11 Å². The second-order valence-corrected chi connectivity index (χ2v) is 6.30. The Bertz CT molecular complexity index is 1050. The molecule has 0 atom stereocenters. The van der Waals surface area contributed by atoms with E-state index < -0.39 is 4.92 Å². The zero-order valence-corrected chi connectivity index (χ0v) is 15.9. The highest BCUT2D eigenvalue weighted by Gasteiger charge is 2.18. The van der Waals surface area contributed by atoms with E-state index in [0.717, 1.165) is 16.9 Å². The Hall–Kier alpha value is -3.94. The number of hydrazone groups is 1. The molecular formula is C21H19N3O5. The Morgan fingerprint density at radius 1 is 1.21 bits per heavy atom. The summed E-state index contributed by atoms with van der Waals surface area (Å²) in [6.45, 7) is 1.78. The minimum Gasteiger partial charge on any atom is -0.497 e. The minimum absolute atomic E-state index is 0.0318. The molecule has 1 aromatic heterocycles. The first-order valence-electron chi connectivity index (χ1n) is 8.76. The van der Waals surface area contributed by atoms with Gasteiger partial charge in [0.05, 0.1) is 30.2 Å². The fraction of sp³-hybridized carbons (Fsp3) is 0.143. The summed E-state index contributed by atoms with van der Waals surface area (Å²) in [7, 11) is 1.58. The Kier molecular flexibility index (Phi) is 6.03. The molecule has 2 aromatic carbocycles. The molecule has 1 amide bonds. The Morgan fingerprint density at radius 3 is 2.66 bits per heavy atom. The number of carbonyl (C=O) groups is 1. The quantitative estimate of drug-likeness (QED) is 0.373. The predicted molar refractivity (Wildman–Crippen MR) is 108 cm³/mol. The Balaban J connectivity index is 1.63. The second kappa shape index (κ2) is 8.83. The number of rotatable bonds is 7. The number of hydrogen-bond acceptors (Lipinski definition) is 6. The third-order valence-corrected chi connectivity index (χ3v) is 4.15. The summed E-state index contributed by atoms with van der Waals surface area (Å²) in [4.78, 5) is 22.8. The number of nitro groups is 1. The molecule has 3 aromatic rings. The maximum atomic E-state index is 12.0. The summed E-state index contributed by atoms with van der Waals surface area (Å²) in [6.07, 6.45) is 1.51. The van der Waals surface area contributed by atoms with Crippen molar-refractivity contribution in [1.82, 2.24) is 5.43 Å². The zero-order chi connectivity index (χ0) is 20.8. The highest BCUT2D eigenvalue weighted by molar-refractivity contribution is 5.82. The van der Waals surface area contributed by atoms with E-state index in [-0.39, 0.29) is 18.0 Å². The van der Waals surface area contributed by atoms with Crippen molar-refractivity contribution in [2.24, 2.45) is 5.10 Å². The van der Waals surface area contributed by atoms with Crippen LogP contribution >= 0.6 is 0 Å². The van der Waals surface area contributed by atoms with E-state index in [0.29, 0.717) is 17.1 Å². The van der Waals surface area contributed by atoms with Crippen LogP contribution in [0.25, 0.3) is 11.3 Å². The molecule has 0 saturated carbocycles. The van der Waals surface area contributed by atoms with Gasteiger partial charge in [0, 0.05) is 6.07 Å². The average Bonchev–Trinajstić information content (AvgIpc) is 3.17. The van der Waals surface area contributed by atoms with E-state index >= 15 is 0 Å². The number of amides is 1. The van der Waals surface area contributed by atoms with Crippen molar-refractivity contribution in [3.8, 4) is 17.1 Å². The zero-order valence-electron chi connectivity index (χ0n) is 15.9. The monoisotopic (exact) mass is 393 g/mol. The Labute approximate surface area is 167 Å². The van der Waals surface area contributed by atoms with Crippen molar-refractivity contribution in [3.63, 3.8) is 0 Å². The fourth-order valence-corrected chi connectivity index (χ4v) is 2.70. The number of nitrogens with zero attached hydrogens (tertiary/aromatic N) is 2. The van der Waals surface area contributed by atoms with Crippen LogP contribution in [-0.4, -0.2) is 24.2 Å². The number of nitro benzene ring substituents is 1. The van der Waals surface area contributed by atoms with Crippen molar-refractivity contribution < 1.29 is 18.9 Å². The summed E-state index contributed by atoms with van der Waals surface area (Å²) in [6, 6.07) is 15.3. The van der Waals surface area contributed by atoms with Gasteiger partial charge in [-0.25, -0.2) is 5.43 Å². The lowest BCUT2D eigenvalue weighted by Gasteiger charge is -2.02. The third kappa shape index (κ3) is 5.07. The first kappa shape index (κ1) is 19.8. The third-order valence-electron chi connectivity index (χ3n) is 4.15. The van der Waals surface area contributed by atoms with Crippen LogP contribution < -0.4 is 10.2 Å². The van der Waals surface area contributed by atoms with Gasteiger partial charge in [0.1, 0.15) is 17.3 Å². The van der Waals surface area contributed by atoms with E-state index in [9.17, 15) is 14.9 Å². The van der Waals surface area contributed by atoms with E-state index in [2.05, 4.69) is 10.5 Å². The molecule has 0 aliphatic rings. The summed E-state index contributed by atoms with van der Waals surface area (Å²) in [5, 5.41) is 15.1. The molecular weight excluding hydrogens is 374 g/mol. The number of benzene rings is 2. The van der Waals surface area contributed by atoms with Gasteiger partial charge in [-0.3, -0.25) is 14.9 Å². The van der Waals surface area contributed by atoms with Gasteiger partial charge in [-0.2, -0.15) is 5.10 Å².